The monoisotopic (exact) mass is 291 g/mol. The zero-order valence-electron chi connectivity index (χ0n) is 12.3. The first kappa shape index (κ1) is 14.2. The minimum atomic E-state index is -0.158. The quantitative estimate of drug-likeness (QED) is 0.749. The number of imidazole rings is 1. The van der Waals surface area contributed by atoms with Crippen LogP contribution in [0.2, 0.25) is 0 Å². The van der Waals surface area contributed by atoms with Crippen molar-refractivity contribution in [3.05, 3.63) is 28.2 Å². The second-order valence-corrected chi connectivity index (χ2v) is 5.91. The van der Waals surface area contributed by atoms with Crippen molar-refractivity contribution in [3.63, 3.8) is 0 Å². The lowest BCUT2D eigenvalue weighted by Gasteiger charge is -2.14. The van der Waals surface area contributed by atoms with E-state index in [1.165, 1.54) is 0 Å². The number of H-pyrrole nitrogens is 1. The van der Waals surface area contributed by atoms with Gasteiger partial charge in [-0.05, 0) is 18.9 Å². The third kappa shape index (κ3) is 2.47. The first-order valence-electron chi connectivity index (χ1n) is 7.41. The van der Waals surface area contributed by atoms with E-state index in [1.54, 1.807) is 10.7 Å². The van der Waals surface area contributed by atoms with E-state index in [4.69, 9.17) is 5.11 Å². The van der Waals surface area contributed by atoms with Crippen LogP contribution in [0.15, 0.2) is 11.0 Å². The predicted octanol–water partition coefficient (Wildman–Crippen LogP) is 0.226. The van der Waals surface area contributed by atoms with E-state index in [1.807, 2.05) is 6.92 Å². The summed E-state index contributed by atoms with van der Waals surface area (Å²) in [5.41, 5.74) is 0.297. The first-order chi connectivity index (χ1) is 10.1. The molecule has 114 valence electrons. The Morgan fingerprint density at radius 3 is 3.00 bits per heavy atom. The first-order valence-corrected chi connectivity index (χ1v) is 7.41. The van der Waals surface area contributed by atoms with Crippen molar-refractivity contribution in [1.82, 2.24) is 24.9 Å². The van der Waals surface area contributed by atoms with E-state index in [9.17, 15) is 4.79 Å². The van der Waals surface area contributed by atoms with E-state index in [-0.39, 0.29) is 24.0 Å². The van der Waals surface area contributed by atoms with Gasteiger partial charge in [0.25, 0.3) is 5.56 Å². The largest absolute Gasteiger partial charge is 0.396 e. The summed E-state index contributed by atoms with van der Waals surface area (Å²) >= 11 is 0. The molecule has 7 heteroatoms. The fraction of sp³-hybridized carbons (Fsp3) is 0.643. The molecule has 3 N–H and O–H groups in total. The molecule has 0 spiro atoms. The Labute approximate surface area is 122 Å². The van der Waals surface area contributed by atoms with Gasteiger partial charge >= 0.3 is 0 Å². The van der Waals surface area contributed by atoms with Crippen molar-refractivity contribution in [2.45, 2.75) is 32.1 Å². The molecule has 3 unspecified atom stereocenters. The van der Waals surface area contributed by atoms with Crippen molar-refractivity contribution in [2.75, 3.05) is 19.7 Å². The van der Waals surface area contributed by atoms with Crippen molar-refractivity contribution in [3.8, 4) is 0 Å². The van der Waals surface area contributed by atoms with Crippen LogP contribution in [0, 0.1) is 5.92 Å². The van der Waals surface area contributed by atoms with E-state index in [0.29, 0.717) is 23.7 Å². The van der Waals surface area contributed by atoms with Gasteiger partial charge in [0.15, 0.2) is 5.52 Å². The number of fused-ring (bicyclic) bond motifs is 1. The number of aromatic amines is 1. The van der Waals surface area contributed by atoms with Gasteiger partial charge in [0.1, 0.15) is 11.6 Å². The summed E-state index contributed by atoms with van der Waals surface area (Å²) in [5, 5.41) is 17.0. The Hall–Kier alpha value is -1.73. The molecule has 21 heavy (non-hydrogen) atoms. The standard InChI is InChI=1S/C14H21N5O2/c1-8(3-4-20)13-16-7-11-14(21)17-12(18-19(11)13)10-6-15-5-9(10)2/h7-10,15,20H,3-6H2,1-2H3,(H,17,18,21). The Balaban J connectivity index is 2.08. The molecule has 1 aliphatic heterocycles. The van der Waals surface area contributed by atoms with Crippen LogP contribution in [0.3, 0.4) is 0 Å². The Kier molecular flexibility index (Phi) is 3.77. The molecule has 0 radical (unpaired) electrons. The van der Waals surface area contributed by atoms with Crippen LogP contribution in [0.4, 0.5) is 0 Å². The average Bonchev–Trinajstić information content (AvgIpc) is 3.05. The fourth-order valence-electron chi connectivity index (χ4n) is 2.93. The molecule has 2 aromatic rings. The highest BCUT2D eigenvalue weighted by Gasteiger charge is 2.28. The smallest absolute Gasteiger partial charge is 0.276 e. The van der Waals surface area contributed by atoms with E-state index in [2.05, 4.69) is 27.3 Å². The highest BCUT2D eigenvalue weighted by atomic mass is 16.3. The van der Waals surface area contributed by atoms with Gasteiger partial charge in [-0.3, -0.25) is 4.79 Å². The van der Waals surface area contributed by atoms with Gasteiger partial charge < -0.3 is 15.4 Å². The number of aliphatic hydroxyl groups excluding tert-OH is 1. The summed E-state index contributed by atoms with van der Waals surface area (Å²) in [6, 6.07) is 0. The molecule has 0 saturated carbocycles. The zero-order valence-corrected chi connectivity index (χ0v) is 12.3. The highest BCUT2D eigenvalue weighted by Crippen LogP contribution is 2.25. The lowest BCUT2D eigenvalue weighted by molar-refractivity contribution is 0.276. The van der Waals surface area contributed by atoms with Crippen LogP contribution in [-0.2, 0) is 0 Å². The molecule has 7 nitrogen and oxygen atoms in total. The number of aliphatic hydroxyl groups is 1. The van der Waals surface area contributed by atoms with Gasteiger partial charge in [0.05, 0.1) is 6.20 Å². The Bertz CT molecular complexity index is 692. The Morgan fingerprint density at radius 2 is 2.33 bits per heavy atom. The number of nitrogens with one attached hydrogen (secondary N) is 2. The van der Waals surface area contributed by atoms with Crippen LogP contribution < -0.4 is 10.9 Å². The molecule has 3 atom stereocenters. The number of hydrogen-bond donors (Lipinski definition) is 3. The average molecular weight is 291 g/mol. The minimum absolute atomic E-state index is 0.0544. The summed E-state index contributed by atoms with van der Waals surface area (Å²) in [6.07, 6.45) is 2.15. The molecule has 3 rings (SSSR count). The normalized spacial score (nSPS) is 23.8. The maximum Gasteiger partial charge on any atom is 0.276 e. The second-order valence-electron chi connectivity index (χ2n) is 5.91. The molecule has 1 fully saturated rings. The summed E-state index contributed by atoms with van der Waals surface area (Å²) in [6.45, 7) is 5.98. The van der Waals surface area contributed by atoms with Gasteiger partial charge in [-0.1, -0.05) is 13.8 Å². The molecular formula is C14H21N5O2. The molecule has 0 aliphatic carbocycles. The molecule has 3 heterocycles. The van der Waals surface area contributed by atoms with E-state index in [0.717, 1.165) is 18.9 Å². The molecular weight excluding hydrogens is 270 g/mol. The van der Waals surface area contributed by atoms with E-state index >= 15 is 0 Å². The van der Waals surface area contributed by atoms with Gasteiger partial charge in [0.2, 0.25) is 0 Å². The Morgan fingerprint density at radius 1 is 1.52 bits per heavy atom. The fourth-order valence-corrected chi connectivity index (χ4v) is 2.93. The summed E-state index contributed by atoms with van der Waals surface area (Å²) < 4.78 is 1.64. The summed E-state index contributed by atoms with van der Waals surface area (Å²) in [4.78, 5) is 19.4. The van der Waals surface area contributed by atoms with Crippen LogP contribution >= 0.6 is 0 Å². The lowest BCUT2D eigenvalue weighted by atomic mass is 9.97. The van der Waals surface area contributed by atoms with Gasteiger partial charge in [-0.25, -0.2) is 9.50 Å². The molecule has 0 bridgehead atoms. The topological polar surface area (TPSA) is 95.3 Å². The maximum absolute atomic E-state index is 12.2. The molecule has 0 aromatic carbocycles. The van der Waals surface area contributed by atoms with Crippen molar-refractivity contribution in [2.24, 2.45) is 5.92 Å². The highest BCUT2D eigenvalue weighted by molar-refractivity contribution is 5.42. The van der Waals surface area contributed by atoms with Crippen LogP contribution in [0.5, 0.6) is 0 Å². The maximum atomic E-state index is 12.2. The number of aromatic nitrogens is 4. The van der Waals surface area contributed by atoms with E-state index < -0.39 is 0 Å². The van der Waals surface area contributed by atoms with Crippen LogP contribution in [0.1, 0.15) is 43.8 Å². The van der Waals surface area contributed by atoms with Crippen molar-refractivity contribution < 1.29 is 5.11 Å². The zero-order chi connectivity index (χ0) is 15.0. The third-order valence-electron chi connectivity index (χ3n) is 4.32. The van der Waals surface area contributed by atoms with Gasteiger partial charge in [0, 0.05) is 25.0 Å². The molecule has 2 aromatic heterocycles. The SMILES string of the molecule is CC(CCO)c1ncc2c(=O)[nH]c(C3CNCC3C)nn12. The number of nitrogens with zero attached hydrogens (tertiary/aromatic N) is 3. The lowest BCUT2D eigenvalue weighted by Crippen LogP contribution is -2.22. The number of hydrogen-bond acceptors (Lipinski definition) is 5. The third-order valence-corrected chi connectivity index (χ3v) is 4.32. The van der Waals surface area contributed by atoms with Crippen molar-refractivity contribution in [1.29, 1.82) is 0 Å². The minimum Gasteiger partial charge on any atom is -0.396 e. The summed E-state index contributed by atoms with van der Waals surface area (Å²) in [7, 11) is 0. The van der Waals surface area contributed by atoms with Gasteiger partial charge in [-0.15, -0.1) is 0 Å². The van der Waals surface area contributed by atoms with Crippen molar-refractivity contribution >= 4 is 5.52 Å². The molecule has 0 amide bonds. The summed E-state index contributed by atoms with van der Waals surface area (Å²) in [5.74, 6) is 2.14. The second kappa shape index (κ2) is 5.57. The predicted molar refractivity (Wildman–Crippen MR) is 78.5 cm³/mol. The molecule has 1 aliphatic rings. The molecule has 1 saturated heterocycles. The van der Waals surface area contributed by atoms with Crippen LogP contribution in [0.25, 0.3) is 5.52 Å². The van der Waals surface area contributed by atoms with Crippen LogP contribution in [-0.4, -0.2) is 44.4 Å². The van der Waals surface area contributed by atoms with Gasteiger partial charge in [-0.2, -0.15) is 5.10 Å². The number of rotatable bonds is 4.